The van der Waals surface area contributed by atoms with Crippen molar-refractivity contribution in [3.63, 3.8) is 0 Å². The van der Waals surface area contributed by atoms with Gasteiger partial charge in [-0.05, 0) is 38.3 Å². The molecular formula is C21H25NO3. The Kier molecular flexibility index (Phi) is 5.09. The Bertz CT molecular complexity index is 694. The summed E-state index contributed by atoms with van der Waals surface area (Å²) in [5, 5.41) is 1.43. The van der Waals surface area contributed by atoms with Crippen LogP contribution in [0.1, 0.15) is 44.4 Å². The topological polar surface area (TPSA) is 38.8 Å². The number of amides is 1. The van der Waals surface area contributed by atoms with Crippen molar-refractivity contribution in [2.45, 2.75) is 51.4 Å². The normalized spacial score (nSPS) is 20.5. The van der Waals surface area contributed by atoms with Gasteiger partial charge < -0.3 is 4.74 Å². The SMILES string of the molecule is CC(C)(C)OC(=O)N1O[C@H](c2ccccc2)C[C@H]1Cc1ccccc1. The molecule has 2 aromatic rings. The molecule has 1 aliphatic heterocycles. The highest BCUT2D eigenvalue weighted by Gasteiger charge is 2.39. The van der Waals surface area contributed by atoms with Crippen LogP contribution < -0.4 is 0 Å². The molecule has 2 aromatic carbocycles. The van der Waals surface area contributed by atoms with Crippen LogP contribution in [0.4, 0.5) is 4.79 Å². The molecular weight excluding hydrogens is 314 g/mol. The Balaban J connectivity index is 1.79. The first-order valence-electron chi connectivity index (χ1n) is 8.70. The zero-order valence-corrected chi connectivity index (χ0v) is 15.0. The fraction of sp³-hybridized carbons (Fsp3) is 0.381. The predicted molar refractivity (Wildman–Crippen MR) is 96.9 cm³/mol. The van der Waals surface area contributed by atoms with Crippen LogP contribution >= 0.6 is 0 Å². The number of hydroxylamine groups is 2. The van der Waals surface area contributed by atoms with E-state index in [0.717, 1.165) is 18.4 Å². The van der Waals surface area contributed by atoms with Gasteiger partial charge in [0.2, 0.25) is 0 Å². The quantitative estimate of drug-likeness (QED) is 0.797. The second kappa shape index (κ2) is 7.28. The highest BCUT2D eigenvalue weighted by molar-refractivity contribution is 5.67. The van der Waals surface area contributed by atoms with Gasteiger partial charge in [0.25, 0.3) is 0 Å². The molecule has 4 heteroatoms. The summed E-state index contributed by atoms with van der Waals surface area (Å²) in [5.74, 6) is 0. The number of nitrogens with zero attached hydrogens (tertiary/aromatic N) is 1. The molecule has 4 nitrogen and oxygen atoms in total. The lowest BCUT2D eigenvalue weighted by atomic mass is 9.98. The minimum atomic E-state index is -0.553. The molecule has 3 rings (SSSR count). The molecule has 1 amide bonds. The summed E-state index contributed by atoms with van der Waals surface area (Å²) in [7, 11) is 0. The Hall–Kier alpha value is -2.33. The average Bonchev–Trinajstić information content (AvgIpc) is 2.99. The fourth-order valence-corrected chi connectivity index (χ4v) is 3.03. The number of carbonyl (C=O) groups is 1. The summed E-state index contributed by atoms with van der Waals surface area (Å²) in [6, 6.07) is 20.1. The third-order valence-corrected chi connectivity index (χ3v) is 4.12. The minimum Gasteiger partial charge on any atom is -0.442 e. The van der Waals surface area contributed by atoms with Gasteiger partial charge in [-0.25, -0.2) is 4.79 Å². The molecule has 0 bridgehead atoms. The summed E-state index contributed by atoms with van der Waals surface area (Å²) < 4.78 is 5.54. The lowest BCUT2D eigenvalue weighted by Gasteiger charge is -2.27. The number of hydrogen-bond donors (Lipinski definition) is 0. The zero-order valence-electron chi connectivity index (χ0n) is 15.0. The summed E-state index contributed by atoms with van der Waals surface area (Å²) >= 11 is 0. The molecule has 1 aliphatic rings. The summed E-state index contributed by atoms with van der Waals surface area (Å²) in [6.45, 7) is 5.59. The Morgan fingerprint density at radius 1 is 1.08 bits per heavy atom. The van der Waals surface area contributed by atoms with Crippen LogP contribution in [0, 0.1) is 0 Å². The van der Waals surface area contributed by atoms with E-state index in [1.165, 1.54) is 10.6 Å². The van der Waals surface area contributed by atoms with Gasteiger partial charge >= 0.3 is 6.09 Å². The Morgan fingerprint density at radius 2 is 1.68 bits per heavy atom. The number of carbonyl (C=O) groups excluding carboxylic acids is 1. The van der Waals surface area contributed by atoms with E-state index >= 15 is 0 Å². The maximum absolute atomic E-state index is 12.6. The molecule has 132 valence electrons. The number of ether oxygens (including phenoxy) is 1. The lowest BCUT2D eigenvalue weighted by Crippen LogP contribution is -2.39. The Morgan fingerprint density at radius 3 is 2.28 bits per heavy atom. The van der Waals surface area contributed by atoms with Crippen LogP contribution in [0.5, 0.6) is 0 Å². The molecule has 0 spiro atoms. The van der Waals surface area contributed by atoms with Crippen LogP contribution in [0.3, 0.4) is 0 Å². The van der Waals surface area contributed by atoms with Gasteiger partial charge in [-0.15, -0.1) is 0 Å². The summed E-state index contributed by atoms with van der Waals surface area (Å²) in [4.78, 5) is 18.6. The molecule has 0 aliphatic carbocycles. The second-order valence-electron chi connectivity index (χ2n) is 7.39. The van der Waals surface area contributed by atoms with Gasteiger partial charge in [-0.3, -0.25) is 4.84 Å². The molecule has 1 fully saturated rings. The second-order valence-corrected chi connectivity index (χ2v) is 7.39. The summed E-state index contributed by atoms with van der Waals surface area (Å²) in [6.07, 6.45) is 0.927. The third kappa shape index (κ3) is 4.60. The van der Waals surface area contributed by atoms with Gasteiger partial charge in [0.15, 0.2) is 0 Å². The van der Waals surface area contributed by atoms with Crippen LogP contribution in [-0.4, -0.2) is 22.8 Å². The van der Waals surface area contributed by atoms with E-state index in [4.69, 9.17) is 9.57 Å². The van der Waals surface area contributed by atoms with Crippen molar-refractivity contribution in [3.05, 3.63) is 71.8 Å². The van der Waals surface area contributed by atoms with Crippen LogP contribution in [0.15, 0.2) is 60.7 Å². The standard InChI is InChI=1S/C21H25NO3/c1-21(2,3)24-20(23)22-18(14-16-10-6-4-7-11-16)15-19(25-22)17-12-8-5-9-13-17/h4-13,18-19H,14-15H2,1-3H3/t18-,19+/m1/s1. The van der Waals surface area contributed by atoms with E-state index in [1.807, 2.05) is 69.3 Å². The molecule has 0 N–H and O–H groups in total. The highest BCUT2D eigenvalue weighted by atomic mass is 16.7. The van der Waals surface area contributed by atoms with E-state index in [2.05, 4.69) is 12.1 Å². The lowest BCUT2D eigenvalue weighted by molar-refractivity contribution is -0.151. The van der Waals surface area contributed by atoms with Gasteiger partial charge in [-0.2, -0.15) is 5.06 Å². The fourth-order valence-electron chi connectivity index (χ4n) is 3.03. The van der Waals surface area contributed by atoms with Gasteiger partial charge in [0.1, 0.15) is 11.7 Å². The monoisotopic (exact) mass is 339 g/mol. The van der Waals surface area contributed by atoms with Crippen LogP contribution in [0.25, 0.3) is 0 Å². The molecule has 0 aromatic heterocycles. The van der Waals surface area contributed by atoms with Crippen molar-refractivity contribution < 1.29 is 14.4 Å². The zero-order chi connectivity index (χ0) is 17.9. The average molecular weight is 339 g/mol. The van der Waals surface area contributed by atoms with Crippen molar-refractivity contribution in [3.8, 4) is 0 Å². The van der Waals surface area contributed by atoms with E-state index in [-0.39, 0.29) is 12.1 Å². The highest BCUT2D eigenvalue weighted by Crippen LogP contribution is 2.35. The van der Waals surface area contributed by atoms with Gasteiger partial charge in [0.05, 0.1) is 6.04 Å². The molecule has 0 unspecified atom stereocenters. The van der Waals surface area contributed by atoms with E-state index in [1.54, 1.807) is 0 Å². The largest absolute Gasteiger partial charge is 0.442 e. The van der Waals surface area contributed by atoms with Crippen LogP contribution in [0.2, 0.25) is 0 Å². The van der Waals surface area contributed by atoms with Crippen molar-refractivity contribution >= 4 is 6.09 Å². The smallest absolute Gasteiger partial charge is 0.434 e. The van der Waals surface area contributed by atoms with E-state index < -0.39 is 11.7 Å². The first kappa shape index (κ1) is 17.5. The number of benzene rings is 2. The minimum absolute atomic E-state index is 0.0533. The van der Waals surface area contributed by atoms with Gasteiger partial charge in [0, 0.05) is 6.42 Å². The van der Waals surface area contributed by atoms with E-state index in [0.29, 0.717) is 0 Å². The predicted octanol–water partition coefficient (Wildman–Crippen LogP) is 4.91. The van der Waals surface area contributed by atoms with Crippen molar-refractivity contribution in [2.24, 2.45) is 0 Å². The first-order chi connectivity index (χ1) is 11.9. The summed E-state index contributed by atoms with van der Waals surface area (Å²) in [5.41, 5.74) is 1.70. The van der Waals surface area contributed by atoms with Crippen molar-refractivity contribution in [2.75, 3.05) is 0 Å². The maximum Gasteiger partial charge on any atom is 0.434 e. The molecule has 2 atom stereocenters. The van der Waals surface area contributed by atoms with Crippen molar-refractivity contribution in [1.82, 2.24) is 5.06 Å². The van der Waals surface area contributed by atoms with Crippen molar-refractivity contribution in [1.29, 1.82) is 0 Å². The molecule has 25 heavy (non-hydrogen) atoms. The van der Waals surface area contributed by atoms with Gasteiger partial charge in [-0.1, -0.05) is 60.7 Å². The molecule has 1 saturated heterocycles. The number of hydrogen-bond acceptors (Lipinski definition) is 3. The maximum atomic E-state index is 12.6. The molecule has 0 radical (unpaired) electrons. The number of rotatable bonds is 3. The Labute approximate surface area is 149 Å². The third-order valence-electron chi connectivity index (χ3n) is 4.12. The molecule has 1 heterocycles. The first-order valence-corrected chi connectivity index (χ1v) is 8.70. The molecule has 0 saturated carbocycles. The van der Waals surface area contributed by atoms with Crippen LogP contribution in [-0.2, 0) is 16.0 Å². The van der Waals surface area contributed by atoms with E-state index in [9.17, 15) is 4.79 Å².